The SMILES string of the molecule is COC(=O)c1ccc(CNC(=O)Cn2c(COc3ccccc3)nc3ccccc32)cc1. The van der Waals surface area contributed by atoms with Crippen LogP contribution >= 0.6 is 0 Å². The van der Waals surface area contributed by atoms with Crippen LogP contribution in [0.3, 0.4) is 0 Å². The number of carbonyl (C=O) groups is 2. The molecule has 1 aromatic heterocycles. The van der Waals surface area contributed by atoms with E-state index >= 15 is 0 Å². The highest BCUT2D eigenvalue weighted by atomic mass is 16.5. The first kappa shape index (κ1) is 21.1. The van der Waals surface area contributed by atoms with Crippen LogP contribution in [0.15, 0.2) is 78.9 Å². The maximum absolute atomic E-state index is 12.7. The largest absolute Gasteiger partial charge is 0.486 e. The predicted molar refractivity (Wildman–Crippen MR) is 120 cm³/mol. The lowest BCUT2D eigenvalue weighted by atomic mass is 10.1. The van der Waals surface area contributed by atoms with E-state index in [-0.39, 0.29) is 19.1 Å². The molecule has 0 aliphatic rings. The molecule has 0 saturated carbocycles. The zero-order valence-electron chi connectivity index (χ0n) is 17.7. The van der Waals surface area contributed by atoms with E-state index < -0.39 is 5.97 Å². The third-order valence-corrected chi connectivity index (χ3v) is 5.01. The van der Waals surface area contributed by atoms with Crippen LogP contribution in [0, 0.1) is 0 Å². The predicted octanol–water partition coefficient (Wildman–Crippen LogP) is 3.72. The van der Waals surface area contributed by atoms with Gasteiger partial charge in [0.15, 0.2) is 0 Å². The normalized spacial score (nSPS) is 10.7. The number of methoxy groups -OCH3 is 1. The van der Waals surface area contributed by atoms with Crippen molar-refractivity contribution in [2.45, 2.75) is 19.7 Å². The topological polar surface area (TPSA) is 82.5 Å². The van der Waals surface area contributed by atoms with Crippen LogP contribution in [0.2, 0.25) is 0 Å². The van der Waals surface area contributed by atoms with Gasteiger partial charge in [0.2, 0.25) is 5.91 Å². The van der Waals surface area contributed by atoms with Crippen molar-refractivity contribution in [1.82, 2.24) is 14.9 Å². The minimum atomic E-state index is -0.391. The summed E-state index contributed by atoms with van der Waals surface area (Å²) in [6.45, 7) is 0.720. The van der Waals surface area contributed by atoms with E-state index in [9.17, 15) is 9.59 Å². The van der Waals surface area contributed by atoms with E-state index in [0.29, 0.717) is 17.9 Å². The van der Waals surface area contributed by atoms with E-state index in [4.69, 9.17) is 9.47 Å². The molecule has 162 valence electrons. The van der Waals surface area contributed by atoms with Crippen molar-refractivity contribution in [3.05, 3.63) is 95.8 Å². The Labute approximate surface area is 185 Å². The molecule has 1 N–H and O–H groups in total. The van der Waals surface area contributed by atoms with Gasteiger partial charge in [-0.25, -0.2) is 9.78 Å². The van der Waals surface area contributed by atoms with Gasteiger partial charge >= 0.3 is 5.97 Å². The number of benzene rings is 3. The van der Waals surface area contributed by atoms with Crippen LogP contribution in [0.1, 0.15) is 21.7 Å². The van der Waals surface area contributed by atoms with Gasteiger partial charge in [0, 0.05) is 6.54 Å². The molecule has 0 spiro atoms. The number of esters is 1. The number of rotatable bonds is 8. The highest BCUT2D eigenvalue weighted by molar-refractivity contribution is 5.89. The first-order valence-electron chi connectivity index (χ1n) is 10.2. The van der Waals surface area contributed by atoms with Gasteiger partial charge in [-0.2, -0.15) is 0 Å². The van der Waals surface area contributed by atoms with E-state index in [0.717, 1.165) is 22.3 Å². The zero-order chi connectivity index (χ0) is 22.3. The Kier molecular flexibility index (Phi) is 6.46. The lowest BCUT2D eigenvalue weighted by Gasteiger charge is -2.11. The Balaban J connectivity index is 1.44. The molecule has 0 unspecified atom stereocenters. The smallest absolute Gasteiger partial charge is 0.337 e. The number of amides is 1. The third kappa shape index (κ3) is 4.95. The van der Waals surface area contributed by atoms with Crippen molar-refractivity contribution >= 4 is 22.9 Å². The highest BCUT2D eigenvalue weighted by Gasteiger charge is 2.14. The highest BCUT2D eigenvalue weighted by Crippen LogP contribution is 2.18. The lowest BCUT2D eigenvalue weighted by Crippen LogP contribution is -2.28. The number of aromatic nitrogens is 2. The molecule has 0 aliphatic heterocycles. The molecule has 0 radical (unpaired) electrons. The monoisotopic (exact) mass is 429 g/mol. The number of nitrogens with one attached hydrogen (secondary N) is 1. The minimum Gasteiger partial charge on any atom is -0.486 e. The number of imidazole rings is 1. The molecule has 0 fully saturated rings. The van der Waals surface area contributed by atoms with Crippen molar-refractivity contribution < 1.29 is 19.1 Å². The molecule has 4 aromatic rings. The Hall–Kier alpha value is -4.13. The Bertz CT molecular complexity index is 1220. The molecule has 1 heterocycles. The molecule has 7 nitrogen and oxygen atoms in total. The van der Waals surface area contributed by atoms with Crippen molar-refractivity contribution in [1.29, 1.82) is 0 Å². The van der Waals surface area contributed by atoms with Crippen LogP contribution in [-0.2, 0) is 29.2 Å². The van der Waals surface area contributed by atoms with Crippen LogP contribution in [0.5, 0.6) is 5.75 Å². The van der Waals surface area contributed by atoms with Gasteiger partial charge < -0.3 is 19.4 Å². The van der Waals surface area contributed by atoms with Gasteiger partial charge in [-0.05, 0) is 42.0 Å². The summed E-state index contributed by atoms with van der Waals surface area (Å²) in [5.74, 6) is 0.877. The van der Waals surface area contributed by atoms with Crippen LogP contribution in [0.25, 0.3) is 11.0 Å². The standard InChI is InChI=1S/C25H23N3O4/c1-31-25(30)19-13-11-18(12-14-19)15-26-24(29)16-28-22-10-6-5-9-21(22)27-23(28)17-32-20-7-3-2-4-8-20/h2-14H,15-17H2,1H3,(H,26,29). The summed E-state index contributed by atoms with van der Waals surface area (Å²) < 4.78 is 12.4. The molecule has 0 bridgehead atoms. The summed E-state index contributed by atoms with van der Waals surface area (Å²) in [5.41, 5.74) is 3.03. The molecule has 3 aromatic carbocycles. The number of carbonyl (C=O) groups excluding carboxylic acids is 2. The number of ether oxygens (including phenoxy) is 2. The summed E-state index contributed by atoms with van der Waals surface area (Å²) in [4.78, 5) is 28.9. The molecule has 7 heteroatoms. The van der Waals surface area contributed by atoms with Gasteiger partial charge in [-0.1, -0.05) is 42.5 Å². The first-order chi connectivity index (χ1) is 15.6. The van der Waals surface area contributed by atoms with E-state index in [1.54, 1.807) is 24.3 Å². The molecular formula is C25H23N3O4. The maximum atomic E-state index is 12.7. The second-order valence-corrected chi connectivity index (χ2v) is 7.17. The summed E-state index contributed by atoms with van der Waals surface area (Å²) in [6.07, 6.45) is 0. The maximum Gasteiger partial charge on any atom is 0.337 e. The Morgan fingerprint density at radius 2 is 1.66 bits per heavy atom. The van der Waals surface area contributed by atoms with E-state index in [1.165, 1.54) is 7.11 Å². The van der Waals surface area contributed by atoms with Crippen LogP contribution in [-0.4, -0.2) is 28.5 Å². The summed E-state index contributed by atoms with van der Waals surface area (Å²) >= 11 is 0. The van der Waals surface area contributed by atoms with Gasteiger partial charge in [0.05, 0.1) is 23.7 Å². The number of para-hydroxylation sites is 3. The molecule has 32 heavy (non-hydrogen) atoms. The summed E-state index contributed by atoms with van der Waals surface area (Å²) in [6, 6.07) is 24.1. The van der Waals surface area contributed by atoms with Crippen molar-refractivity contribution in [3.8, 4) is 5.75 Å². The lowest BCUT2D eigenvalue weighted by molar-refractivity contribution is -0.121. The van der Waals surface area contributed by atoms with Crippen molar-refractivity contribution in [3.63, 3.8) is 0 Å². The second-order valence-electron chi connectivity index (χ2n) is 7.17. The molecule has 4 rings (SSSR count). The zero-order valence-corrected chi connectivity index (χ0v) is 17.7. The molecular weight excluding hydrogens is 406 g/mol. The number of hydrogen-bond donors (Lipinski definition) is 1. The fourth-order valence-electron chi connectivity index (χ4n) is 3.35. The summed E-state index contributed by atoms with van der Waals surface area (Å²) in [5, 5.41) is 2.92. The van der Waals surface area contributed by atoms with Crippen molar-refractivity contribution in [2.24, 2.45) is 0 Å². The second kappa shape index (κ2) is 9.78. The first-order valence-corrected chi connectivity index (χ1v) is 10.2. The number of hydrogen-bond acceptors (Lipinski definition) is 5. The van der Waals surface area contributed by atoms with Gasteiger partial charge in [-0.3, -0.25) is 4.79 Å². The molecule has 0 saturated heterocycles. The fraction of sp³-hybridized carbons (Fsp3) is 0.160. The minimum absolute atomic E-state index is 0.119. The van der Waals surface area contributed by atoms with Gasteiger partial charge in [-0.15, -0.1) is 0 Å². The molecule has 0 atom stereocenters. The third-order valence-electron chi connectivity index (χ3n) is 5.01. The van der Waals surface area contributed by atoms with Crippen LogP contribution < -0.4 is 10.1 Å². The van der Waals surface area contributed by atoms with Crippen molar-refractivity contribution in [2.75, 3.05) is 7.11 Å². The van der Waals surface area contributed by atoms with Crippen LogP contribution in [0.4, 0.5) is 0 Å². The quantitative estimate of drug-likeness (QED) is 0.432. The summed E-state index contributed by atoms with van der Waals surface area (Å²) in [7, 11) is 1.34. The average Bonchev–Trinajstić information content (AvgIpc) is 3.19. The Morgan fingerprint density at radius 3 is 2.41 bits per heavy atom. The number of fused-ring (bicyclic) bond motifs is 1. The molecule has 0 aliphatic carbocycles. The average molecular weight is 429 g/mol. The Morgan fingerprint density at radius 1 is 0.938 bits per heavy atom. The van der Waals surface area contributed by atoms with E-state index in [2.05, 4.69) is 10.3 Å². The van der Waals surface area contributed by atoms with Gasteiger partial charge in [0.25, 0.3) is 0 Å². The number of nitrogens with zero attached hydrogens (tertiary/aromatic N) is 2. The molecule has 1 amide bonds. The van der Waals surface area contributed by atoms with E-state index in [1.807, 2.05) is 59.2 Å². The fourth-order valence-corrected chi connectivity index (χ4v) is 3.35. The van der Waals surface area contributed by atoms with Gasteiger partial charge in [0.1, 0.15) is 24.7 Å².